The first-order chi connectivity index (χ1) is 5.13. The molecule has 74 valence electrons. The van der Waals surface area contributed by atoms with Crippen molar-refractivity contribution in [2.45, 2.75) is 12.2 Å². The Balaban J connectivity index is 3.97. The minimum Gasteiger partial charge on any atom is -0.344 e. The van der Waals surface area contributed by atoms with Gasteiger partial charge in [0.2, 0.25) is 0 Å². The summed E-state index contributed by atoms with van der Waals surface area (Å²) in [6.45, 7) is 1.12. The van der Waals surface area contributed by atoms with Crippen LogP contribution in [0.2, 0.25) is 0 Å². The van der Waals surface area contributed by atoms with Crippen LogP contribution in [0.25, 0.3) is 0 Å². The minimum absolute atomic E-state index is 0.144. The lowest BCUT2D eigenvalue weighted by Crippen LogP contribution is -2.21. The van der Waals surface area contributed by atoms with Crippen molar-refractivity contribution in [3.8, 4) is 0 Å². The molecule has 0 rings (SSSR count). The van der Waals surface area contributed by atoms with Gasteiger partial charge in [-0.15, -0.1) is 0 Å². The number of hydrogen-bond donors (Lipinski definition) is 4. The molecule has 2 atom stereocenters. The summed E-state index contributed by atoms with van der Waals surface area (Å²) >= 11 is 0. The molecule has 0 heterocycles. The lowest BCUT2D eigenvalue weighted by molar-refractivity contribution is 0.356. The summed E-state index contributed by atoms with van der Waals surface area (Å²) in [4.78, 5) is 25.8. The van der Waals surface area contributed by atoms with Crippen LogP contribution >= 0.6 is 15.0 Å². The molecule has 0 aromatic rings. The standard InChI is InChI=1S/C4H13NO5P2/c1-11(6,7)3-2-4(5)12(8,9)10/h4H,2-3,5H2,1H3,(H,6,7)(H2,8,9,10). The quantitative estimate of drug-likeness (QED) is 0.481. The molecule has 0 saturated carbocycles. The van der Waals surface area contributed by atoms with Crippen LogP contribution in [0.15, 0.2) is 0 Å². The number of hydrogen-bond acceptors (Lipinski definition) is 3. The van der Waals surface area contributed by atoms with Crippen LogP contribution in [-0.4, -0.2) is 33.3 Å². The molecular weight excluding hydrogens is 204 g/mol. The van der Waals surface area contributed by atoms with Crippen molar-refractivity contribution in [1.29, 1.82) is 0 Å². The van der Waals surface area contributed by atoms with E-state index in [2.05, 4.69) is 0 Å². The van der Waals surface area contributed by atoms with E-state index in [9.17, 15) is 9.13 Å². The van der Waals surface area contributed by atoms with Gasteiger partial charge in [-0.3, -0.25) is 9.13 Å². The molecule has 0 aromatic heterocycles. The predicted molar refractivity (Wildman–Crippen MR) is 45.3 cm³/mol. The highest BCUT2D eigenvalue weighted by Gasteiger charge is 2.26. The lowest BCUT2D eigenvalue weighted by atomic mass is 10.5. The van der Waals surface area contributed by atoms with Crippen molar-refractivity contribution >= 4 is 15.0 Å². The monoisotopic (exact) mass is 217 g/mol. The average Bonchev–Trinajstić information content (AvgIpc) is 1.78. The molecule has 0 aromatic carbocycles. The van der Waals surface area contributed by atoms with Crippen molar-refractivity contribution < 1.29 is 23.8 Å². The van der Waals surface area contributed by atoms with Gasteiger partial charge in [0.25, 0.3) is 0 Å². The van der Waals surface area contributed by atoms with Gasteiger partial charge >= 0.3 is 7.60 Å². The van der Waals surface area contributed by atoms with E-state index in [1.807, 2.05) is 0 Å². The van der Waals surface area contributed by atoms with Crippen LogP contribution < -0.4 is 5.73 Å². The molecular formula is C4H13NO5P2. The van der Waals surface area contributed by atoms with E-state index < -0.39 is 20.7 Å². The molecule has 8 heteroatoms. The van der Waals surface area contributed by atoms with E-state index in [1.165, 1.54) is 0 Å². The zero-order valence-electron chi connectivity index (χ0n) is 6.62. The molecule has 0 aliphatic heterocycles. The minimum atomic E-state index is -4.30. The molecule has 5 N–H and O–H groups in total. The molecule has 0 fully saturated rings. The Morgan fingerprint density at radius 2 is 1.75 bits per heavy atom. The van der Waals surface area contributed by atoms with Gasteiger partial charge in [0.15, 0.2) is 7.37 Å². The Bertz CT molecular complexity index is 230. The molecule has 0 bridgehead atoms. The predicted octanol–water partition coefficient (Wildman–Crippen LogP) is -0.261. The van der Waals surface area contributed by atoms with Crippen LogP contribution in [0.4, 0.5) is 0 Å². The molecule has 0 aliphatic carbocycles. The molecule has 0 saturated heterocycles. The van der Waals surface area contributed by atoms with Gasteiger partial charge in [-0.05, 0) is 6.42 Å². The van der Waals surface area contributed by atoms with Crippen LogP contribution in [0.3, 0.4) is 0 Å². The van der Waals surface area contributed by atoms with Crippen molar-refractivity contribution in [3.63, 3.8) is 0 Å². The van der Waals surface area contributed by atoms with Crippen LogP contribution in [-0.2, 0) is 9.13 Å². The fourth-order valence-electron chi connectivity index (χ4n) is 0.540. The van der Waals surface area contributed by atoms with Crippen molar-refractivity contribution in [3.05, 3.63) is 0 Å². The van der Waals surface area contributed by atoms with E-state index in [0.29, 0.717) is 0 Å². The second-order valence-electron chi connectivity index (χ2n) is 2.72. The first-order valence-corrected chi connectivity index (χ1v) is 7.20. The number of rotatable bonds is 4. The normalized spacial score (nSPS) is 20.1. The van der Waals surface area contributed by atoms with E-state index in [-0.39, 0.29) is 12.6 Å². The number of nitrogens with two attached hydrogens (primary N) is 1. The fraction of sp³-hybridized carbons (Fsp3) is 1.00. The largest absolute Gasteiger partial charge is 0.344 e. The van der Waals surface area contributed by atoms with Crippen molar-refractivity contribution in [2.24, 2.45) is 5.73 Å². The van der Waals surface area contributed by atoms with Gasteiger partial charge < -0.3 is 20.4 Å². The summed E-state index contributed by atoms with van der Waals surface area (Å²) in [5, 5.41) is 0. The molecule has 0 spiro atoms. The third kappa shape index (κ3) is 5.89. The summed E-state index contributed by atoms with van der Waals surface area (Å²) in [6, 6.07) is 0. The third-order valence-electron chi connectivity index (χ3n) is 1.27. The molecule has 0 radical (unpaired) electrons. The fourth-order valence-corrected chi connectivity index (χ4v) is 1.97. The van der Waals surface area contributed by atoms with Gasteiger partial charge in [0, 0.05) is 12.8 Å². The average molecular weight is 217 g/mol. The van der Waals surface area contributed by atoms with E-state index in [4.69, 9.17) is 20.4 Å². The molecule has 0 amide bonds. The second kappa shape index (κ2) is 4.01. The maximum Gasteiger partial charge on any atom is 0.342 e. The van der Waals surface area contributed by atoms with Crippen LogP contribution in [0, 0.1) is 0 Å². The summed E-state index contributed by atoms with van der Waals surface area (Å²) in [5.41, 5.74) is 5.06. The smallest absolute Gasteiger partial charge is 0.342 e. The van der Waals surface area contributed by atoms with E-state index in [1.54, 1.807) is 0 Å². The zero-order chi connectivity index (χ0) is 9.99. The second-order valence-corrected chi connectivity index (χ2v) is 7.11. The van der Waals surface area contributed by atoms with Gasteiger partial charge in [0.1, 0.15) is 5.78 Å². The van der Waals surface area contributed by atoms with Gasteiger partial charge in [-0.25, -0.2) is 0 Å². The lowest BCUT2D eigenvalue weighted by Gasteiger charge is -2.13. The van der Waals surface area contributed by atoms with Crippen molar-refractivity contribution in [1.82, 2.24) is 0 Å². The van der Waals surface area contributed by atoms with Crippen LogP contribution in [0.1, 0.15) is 6.42 Å². The maximum atomic E-state index is 10.7. The Hall–Kier alpha value is 0.300. The topological polar surface area (TPSA) is 121 Å². The molecule has 12 heavy (non-hydrogen) atoms. The maximum absolute atomic E-state index is 10.7. The summed E-state index contributed by atoms with van der Waals surface area (Å²) in [7, 11) is -7.51. The molecule has 6 nitrogen and oxygen atoms in total. The van der Waals surface area contributed by atoms with Crippen LogP contribution in [0.5, 0.6) is 0 Å². The Kier molecular flexibility index (Phi) is 4.11. The van der Waals surface area contributed by atoms with E-state index in [0.717, 1.165) is 6.66 Å². The van der Waals surface area contributed by atoms with Gasteiger partial charge in [0.05, 0.1) is 0 Å². The Morgan fingerprint density at radius 1 is 1.33 bits per heavy atom. The SMILES string of the molecule is CP(=O)(O)CCC(N)P(=O)(O)O. The van der Waals surface area contributed by atoms with E-state index >= 15 is 0 Å². The van der Waals surface area contributed by atoms with Gasteiger partial charge in [-0.2, -0.15) is 0 Å². The van der Waals surface area contributed by atoms with Crippen molar-refractivity contribution in [2.75, 3.05) is 12.8 Å². The Morgan fingerprint density at radius 3 is 2.00 bits per heavy atom. The summed E-state index contributed by atoms with van der Waals surface area (Å²) in [6.07, 6.45) is -0.312. The third-order valence-corrected chi connectivity index (χ3v) is 3.48. The summed E-state index contributed by atoms with van der Waals surface area (Å²) < 4.78 is 21.1. The molecule has 2 unspecified atom stereocenters. The Labute approximate surface area is 70.4 Å². The highest BCUT2D eigenvalue weighted by atomic mass is 31.2. The zero-order valence-corrected chi connectivity index (χ0v) is 8.41. The first-order valence-electron chi connectivity index (χ1n) is 3.23. The summed E-state index contributed by atoms with van der Waals surface area (Å²) in [5.74, 6) is -1.34. The molecule has 0 aliphatic rings. The first kappa shape index (κ1) is 12.3. The van der Waals surface area contributed by atoms with Gasteiger partial charge in [-0.1, -0.05) is 0 Å². The highest BCUT2D eigenvalue weighted by molar-refractivity contribution is 7.57. The highest BCUT2D eigenvalue weighted by Crippen LogP contribution is 2.43.